The SMILES string of the molecule is Cc1ccccc1CN(C)C(=O)CCC(=O)N1CC(=O)Nc2ccccc21. The summed E-state index contributed by atoms with van der Waals surface area (Å²) >= 11 is 0. The average molecular weight is 365 g/mol. The Bertz CT molecular complexity index is 878. The second-order valence-electron chi connectivity index (χ2n) is 6.72. The molecule has 0 spiro atoms. The van der Waals surface area contributed by atoms with E-state index in [1.54, 1.807) is 30.1 Å². The quantitative estimate of drug-likeness (QED) is 0.886. The second kappa shape index (κ2) is 8.03. The molecule has 140 valence electrons. The number of fused-ring (bicyclic) bond motifs is 1. The van der Waals surface area contributed by atoms with Crippen LogP contribution in [0.2, 0.25) is 0 Å². The van der Waals surface area contributed by atoms with Crippen molar-refractivity contribution in [3.05, 3.63) is 59.7 Å². The van der Waals surface area contributed by atoms with Gasteiger partial charge in [-0.3, -0.25) is 14.4 Å². The van der Waals surface area contributed by atoms with Gasteiger partial charge in [0.25, 0.3) is 0 Å². The molecule has 3 rings (SSSR count). The molecular formula is C21H23N3O3. The Morgan fingerprint density at radius 1 is 1.07 bits per heavy atom. The predicted octanol–water partition coefficient (Wildman–Crippen LogP) is 2.72. The molecule has 0 atom stereocenters. The molecule has 0 radical (unpaired) electrons. The Balaban J connectivity index is 1.60. The zero-order valence-corrected chi connectivity index (χ0v) is 15.6. The molecule has 6 nitrogen and oxygen atoms in total. The van der Waals surface area contributed by atoms with E-state index in [0.717, 1.165) is 11.1 Å². The first-order chi connectivity index (χ1) is 13.0. The van der Waals surface area contributed by atoms with E-state index in [-0.39, 0.29) is 37.1 Å². The maximum Gasteiger partial charge on any atom is 0.244 e. The van der Waals surface area contributed by atoms with Gasteiger partial charge >= 0.3 is 0 Å². The Morgan fingerprint density at radius 3 is 2.56 bits per heavy atom. The zero-order chi connectivity index (χ0) is 19.4. The minimum atomic E-state index is -0.231. The third kappa shape index (κ3) is 4.34. The van der Waals surface area contributed by atoms with Crippen LogP contribution < -0.4 is 10.2 Å². The van der Waals surface area contributed by atoms with Gasteiger partial charge in [-0.1, -0.05) is 36.4 Å². The molecule has 0 aliphatic carbocycles. The van der Waals surface area contributed by atoms with Crippen LogP contribution in [0.1, 0.15) is 24.0 Å². The number of anilines is 2. The average Bonchev–Trinajstić information content (AvgIpc) is 2.66. The van der Waals surface area contributed by atoms with Crippen LogP contribution in [-0.4, -0.2) is 36.2 Å². The van der Waals surface area contributed by atoms with Crippen molar-refractivity contribution in [3.63, 3.8) is 0 Å². The Morgan fingerprint density at radius 2 is 1.78 bits per heavy atom. The molecule has 1 aliphatic heterocycles. The van der Waals surface area contributed by atoms with Gasteiger partial charge in [-0.05, 0) is 30.2 Å². The monoisotopic (exact) mass is 365 g/mol. The summed E-state index contributed by atoms with van der Waals surface area (Å²) in [5.41, 5.74) is 3.50. The maximum absolute atomic E-state index is 12.6. The van der Waals surface area contributed by atoms with E-state index in [1.807, 2.05) is 37.3 Å². The van der Waals surface area contributed by atoms with E-state index in [0.29, 0.717) is 17.9 Å². The van der Waals surface area contributed by atoms with Crippen molar-refractivity contribution in [1.29, 1.82) is 0 Å². The standard InChI is InChI=1S/C21H23N3O3/c1-15-7-3-4-8-16(15)13-23(2)20(26)11-12-21(27)24-14-19(25)22-17-9-5-6-10-18(17)24/h3-10H,11-14H2,1-2H3,(H,22,25). The molecule has 2 aromatic rings. The van der Waals surface area contributed by atoms with Gasteiger partial charge in [0, 0.05) is 26.4 Å². The zero-order valence-electron chi connectivity index (χ0n) is 15.6. The molecule has 1 aliphatic rings. The lowest BCUT2D eigenvalue weighted by Gasteiger charge is -2.29. The van der Waals surface area contributed by atoms with E-state index in [4.69, 9.17) is 0 Å². The summed E-state index contributed by atoms with van der Waals surface area (Å²) in [6.07, 6.45) is 0.181. The van der Waals surface area contributed by atoms with Crippen LogP contribution in [0.15, 0.2) is 48.5 Å². The summed E-state index contributed by atoms with van der Waals surface area (Å²) in [5, 5.41) is 2.75. The second-order valence-corrected chi connectivity index (χ2v) is 6.72. The van der Waals surface area contributed by atoms with Crippen LogP contribution in [0.3, 0.4) is 0 Å². The molecule has 0 saturated carbocycles. The lowest BCUT2D eigenvalue weighted by Crippen LogP contribution is -2.42. The summed E-state index contributed by atoms with van der Waals surface area (Å²) in [4.78, 5) is 40.0. The van der Waals surface area contributed by atoms with Crippen molar-refractivity contribution < 1.29 is 14.4 Å². The van der Waals surface area contributed by atoms with Gasteiger partial charge < -0.3 is 15.1 Å². The number of nitrogens with zero attached hydrogens (tertiary/aromatic N) is 2. The molecule has 2 aromatic carbocycles. The summed E-state index contributed by atoms with van der Waals surface area (Å²) in [7, 11) is 1.74. The van der Waals surface area contributed by atoms with Gasteiger partial charge in [0.1, 0.15) is 6.54 Å². The first-order valence-electron chi connectivity index (χ1n) is 8.93. The lowest BCUT2D eigenvalue weighted by molar-refractivity contribution is -0.132. The van der Waals surface area contributed by atoms with Crippen molar-refractivity contribution in [2.45, 2.75) is 26.3 Å². The van der Waals surface area contributed by atoms with E-state index in [2.05, 4.69) is 5.32 Å². The topological polar surface area (TPSA) is 69.7 Å². The number of hydrogen-bond acceptors (Lipinski definition) is 3. The number of carbonyl (C=O) groups excluding carboxylic acids is 3. The minimum Gasteiger partial charge on any atom is -0.341 e. The smallest absolute Gasteiger partial charge is 0.244 e. The summed E-state index contributed by atoms with van der Waals surface area (Å²) < 4.78 is 0. The first-order valence-corrected chi connectivity index (χ1v) is 8.93. The molecule has 0 saturated heterocycles. The van der Waals surface area contributed by atoms with E-state index in [1.165, 1.54) is 4.90 Å². The Kier molecular flexibility index (Phi) is 5.54. The number of benzene rings is 2. The van der Waals surface area contributed by atoms with E-state index in [9.17, 15) is 14.4 Å². The van der Waals surface area contributed by atoms with Crippen LogP contribution in [0.5, 0.6) is 0 Å². The third-order valence-electron chi connectivity index (χ3n) is 4.72. The number of nitrogens with one attached hydrogen (secondary N) is 1. The third-order valence-corrected chi connectivity index (χ3v) is 4.72. The molecule has 0 unspecified atom stereocenters. The van der Waals surface area contributed by atoms with Gasteiger partial charge in [0.2, 0.25) is 17.7 Å². The largest absolute Gasteiger partial charge is 0.341 e. The fourth-order valence-corrected chi connectivity index (χ4v) is 3.13. The van der Waals surface area contributed by atoms with Crippen LogP contribution in [0, 0.1) is 6.92 Å². The Hall–Kier alpha value is -3.15. The van der Waals surface area contributed by atoms with E-state index < -0.39 is 0 Å². The summed E-state index contributed by atoms with van der Waals surface area (Å²) in [5.74, 6) is -0.554. The van der Waals surface area contributed by atoms with Crippen molar-refractivity contribution in [2.75, 3.05) is 23.8 Å². The van der Waals surface area contributed by atoms with Crippen LogP contribution in [0.25, 0.3) is 0 Å². The highest BCUT2D eigenvalue weighted by Gasteiger charge is 2.26. The lowest BCUT2D eigenvalue weighted by atomic mass is 10.1. The molecule has 1 N–H and O–H groups in total. The van der Waals surface area contributed by atoms with Gasteiger partial charge in [-0.2, -0.15) is 0 Å². The molecule has 27 heavy (non-hydrogen) atoms. The normalized spacial score (nSPS) is 13.0. The van der Waals surface area contributed by atoms with Crippen LogP contribution in [0.4, 0.5) is 11.4 Å². The fraction of sp³-hybridized carbons (Fsp3) is 0.286. The van der Waals surface area contributed by atoms with Gasteiger partial charge in [-0.25, -0.2) is 0 Å². The van der Waals surface area contributed by atoms with E-state index >= 15 is 0 Å². The minimum absolute atomic E-state index is 0.0247. The maximum atomic E-state index is 12.6. The number of rotatable bonds is 5. The highest BCUT2D eigenvalue weighted by molar-refractivity contribution is 6.10. The molecule has 0 fully saturated rings. The number of aryl methyl sites for hydroxylation is 1. The predicted molar refractivity (Wildman–Crippen MR) is 104 cm³/mol. The van der Waals surface area contributed by atoms with Crippen LogP contribution >= 0.6 is 0 Å². The number of amides is 3. The highest BCUT2D eigenvalue weighted by atomic mass is 16.2. The molecular weight excluding hydrogens is 342 g/mol. The number of para-hydroxylation sites is 2. The molecule has 6 heteroatoms. The molecule has 0 aromatic heterocycles. The highest BCUT2D eigenvalue weighted by Crippen LogP contribution is 2.29. The van der Waals surface area contributed by atoms with Crippen molar-refractivity contribution in [2.24, 2.45) is 0 Å². The van der Waals surface area contributed by atoms with Crippen molar-refractivity contribution in [3.8, 4) is 0 Å². The van der Waals surface area contributed by atoms with Gasteiger partial charge in [0.15, 0.2) is 0 Å². The summed E-state index contributed by atoms with van der Waals surface area (Å²) in [6.45, 7) is 2.49. The summed E-state index contributed by atoms with van der Waals surface area (Å²) in [6, 6.07) is 15.1. The van der Waals surface area contributed by atoms with Crippen molar-refractivity contribution in [1.82, 2.24) is 4.90 Å². The molecule has 0 bridgehead atoms. The number of carbonyl (C=O) groups is 3. The van der Waals surface area contributed by atoms with Crippen LogP contribution in [-0.2, 0) is 20.9 Å². The fourth-order valence-electron chi connectivity index (χ4n) is 3.13. The Labute approximate surface area is 158 Å². The number of hydrogen-bond donors (Lipinski definition) is 1. The molecule has 1 heterocycles. The van der Waals surface area contributed by atoms with Gasteiger partial charge in [-0.15, -0.1) is 0 Å². The van der Waals surface area contributed by atoms with Crippen molar-refractivity contribution >= 4 is 29.1 Å². The van der Waals surface area contributed by atoms with Gasteiger partial charge in [0.05, 0.1) is 11.4 Å². The first kappa shape index (κ1) is 18.6. The molecule has 3 amide bonds.